The van der Waals surface area contributed by atoms with E-state index in [9.17, 15) is 9.59 Å². The van der Waals surface area contributed by atoms with Gasteiger partial charge in [-0.3, -0.25) is 9.59 Å². The van der Waals surface area contributed by atoms with Gasteiger partial charge in [0, 0.05) is 47.1 Å². The monoisotopic (exact) mass is 379 g/mol. The van der Waals surface area contributed by atoms with Crippen LogP contribution in [0.3, 0.4) is 0 Å². The Kier molecular flexibility index (Phi) is 17.9. The molecule has 0 aromatic rings. The molecule has 0 aromatic carbocycles. The number of amides is 1. The molecule has 9 nitrogen and oxygen atoms in total. The van der Waals surface area contributed by atoms with Crippen molar-refractivity contribution in [3.63, 3.8) is 0 Å². The Labute approximate surface area is 155 Å². The van der Waals surface area contributed by atoms with E-state index in [4.69, 9.17) is 28.4 Å². The van der Waals surface area contributed by atoms with Crippen LogP contribution < -0.4 is 5.32 Å². The van der Waals surface area contributed by atoms with Crippen molar-refractivity contribution in [1.29, 1.82) is 0 Å². The summed E-state index contributed by atoms with van der Waals surface area (Å²) in [4.78, 5) is 22.9. The van der Waals surface area contributed by atoms with Crippen molar-refractivity contribution in [1.82, 2.24) is 5.32 Å². The minimum absolute atomic E-state index is 0.0212. The predicted molar refractivity (Wildman–Crippen MR) is 94.0 cm³/mol. The van der Waals surface area contributed by atoms with Gasteiger partial charge in [0.1, 0.15) is 18.7 Å². The largest absolute Gasteiger partial charge is 0.384 e. The average Bonchev–Trinajstić information content (AvgIpc) is 2.65. The van der Waals surface area contributed by atoms with Crippen LogP contribution in [0.1, 0.15) is 19.3 Å². The fraction of sp³-hybridized carbons (Fsp3) is 0.882. The van der Waals surface area contributed by atoms with Gasteiger partial charge < -0.3 is 33.7 Å². The summed E-state index contributed by atoms with van der Waals surface area (Å²) in [5.74, 6) is -0.148. The highest BCUT2D eigenvalue weighted by Crippen LogP contribution is 1.96. The van der Waals surface area contributed by atoms with E-state index in [0.717, 1.165) is 0 Å². The summed E-state index contributed by atoms with van der Waals surface area (Å²) in [6, 6.07) is 0. The zero-order valence-electron chi connectivity index (χ0n) is 16.1. The van der Waals surface area contributed by atoms with Crippen LogP contribution in [0.25, 0.3) is 0 Å². The third-order valence-electron chi connectivity index (χ3n) is 3.31. The quantitative estimate of drug-likeness (QED) is 0.250. The van der Waals surface area contributed by atoms with Crippen LogP contribution in [-0.4, -0.2) is 92.1 Å². The summed E-state index contributed by atoms with van der Waals surface area (Å²) in [5.41, 5.74) is 0. The SMILES string of the molecule is COCCC(=O)CCC(=O)NCCOCOCCOCC(COC)OC. The molecule has 1 amide bonds. The van der Waals surface area contributed by atoms with Crippen molar-refractivity contribution in [2.24, 2.45) is 0 Å². The van der Waals surface area contributed by atoms with Crippen LogP contribution >= 0.6 is 0 Å². The van der Waals surface area contributed by atoms with Gasteiger partial charge in [0.05, 0.1) is 39.6 Å². The zero-order valence-corrected chi connectivity index (χ0v) is 16.1. The van der Waals surface area contributed by atoms with Crippen molar-refractivity contribution in [2.45, 2.75) is 25.4 Å². The van der Waals surface area contributed by atoms with E-state index >= 15 is 0 Å². The van der Waals surface area contributed by atoms with Crippen LogP contribution in [0.2, 0.25) is 0 Å². The smallest absolute Gasteiger partial charge is 0.220 e. The lowest BCUT2D eigenvalue weighted by Gasteiger charge is -2.14. The lowest BCUT2D eigenvalue weighted by Crippen LogP contribution is -2.28. The molecule has 0 radical (unpaired) electrons. The molecule has 0 aliphatic rings. The standard InChI is InChI=1S/C17H33NO8/c1-21-8-6-15(19)4-5-17(20)18-7-9-25-14-26-11-10-24-13-16(23-3)12-22-2/h16H,4-14H2,1-3H3,(H,18,20). The molecule has 9 heteroatoms. The number of ether oxygens (including phenoxy) is 6. The van der Waals surface area contributed by atoms with Crippen molar-refractivity contribution in [3.05, 3.63) is 0 Å². The number of carbonyl (C=O) groups excluding carboxylic acids is 2. The second-order valence-electron chi connectivity index (χ2n) is 5.45. The Morgan fingerprint density at radius 1 is 0.808 bits per heavy atom. The molecule has 0 bridgehead atoms. The molecule has 0 fully saturated rings. The molecule has 0 heterocycles. The number of rotatable bonds is 19. The van der Waals surface area contributed by atoms with Crippen LogP contribution in [-0.2, 0) is 38.0 Å². The summed E-state index contributed by atoms with van der Waals surface area (Å²) in [6.07, 6.45) is 0.664. The Balaban J connectivity index is 3.35. The maximum atomic E-state index is 11.5. The molecule has 0 saturated heterocycles. The van der Waals surface area contributed by atoms with E-state index in [0.29, 0.717) is 52.6 Å². The number of hydrogen-bond acceptors (Lipinski definition) is 8. The normalized spacial score (nSPS) is 12.1. The Morgan fingerprint density at radius 3 is 2.23 bits per heavy atom. The fourth-order valence-electron chi connectivity index (χ4n) is 1.82. The van der Waals surface area contributed by atoms with E-state index in [1.54, 1.807) is 14.2 Å². The molecule has 154 valence electrons. The highest BCUT2D eigenvalue weighted by molar-refractivity contribution is 5.84. The van der Waals surface area contributed by atoms with E-state index in [1.165, 1.54) is 7.11 Å². The van der Waals surface area contributed by atoms with Crippen molar-refractivity contribution < 1.29 is 38.0 Å². The number of carbonyl (C=O) groups is 2. The highest BCUT2D eigenvalue weighted by Gasteiger charge is 2.07. The van der Waals surface area contributed by atoms with E-state index < -0.39 is 0 Å². The lowest BCUT2D eigenvalue weighted by atomic mass is 10.1. The number of ketones is 1. The molecule has 0 aliphatic carbocycles. The molecule has 0 aliphatic heterocycles. The minimum atomic E-state index is -0.169. The van der Waals surface area contributed by atoms with Crippen LogP contribution in [0.4, 0.5) is 0 Å². The molecule has 26 heavy (non-hydrogen) atoms. The Morgan fingerprint density at radius 2 is 1.54 bits per heavy atom. The predicted octanol–water partition coefficient (Wildman–Crippen LogP) is 0.157. The first kappa shape index (κ1) is 24.9. The van der Waals surface area contributed by atoms with Gasteiger partial charge in [-0.05, 0) is 0 Å². The van der Waals surface area contributed by atoms with Gasteiger partial charge >= 0.3 is 0 Å². The molecule has 0 saturated carbocycles. The number of nitrogens with one attached hydrogen (secondary N) is 1. The number of Topliss-reactive ketones (excluding diaryl/α,β-unsaturated/α-hetero) is 1. The van der Waals surface area contributed by atoms with Gasteiger partial charge in [-0.15, -0.1) is 0 Å². The van der Waals surface area contributed by atoms with Crippen molar-refractivity contribution in [3.8, 4) is 0 Å². The van der Waals surface area contributed by atoms with E-state index in [-0.39, 0.29) is 37.4 Å². The molecule has 1 atom stereocenters. The Bertz CT molecular complexity index is 354. The van der Waals surface area contributed by atoms with E-state index in [1.807, 2.05) is 0 Å². The summed E-state index contributed by atoms with van der Waals surface area (Å²) in [5, 5.41) is 2.68. The molecular formula is C17H33NO8. The van der Waals surface area contributed by atoms with Gasteiger partial charge in [-0.2, -0.15) is 0 Å². The second kappa shape index (κ2) is 18.7. The lowest BCUT2D eigenvalue weighted by molar-refractivity contribution is -0.126. The van der Waals surface area contributed by atoms with Crippen LogP contribution in [0.5, 0.6) is 0 Å². The molecule has 0 rings (SSSR count). The summed E-state index contributed by atoms with van der Waals surface area (Å²) < 4.78 is 30.8. The average molecular weight is 379 g/mol. The Hall–Kier alpha value is -1.10. The van der Waals surface area contributed by atoms with Crippen molar-refractivity contribution in [2.75, 3.05) is 74.3 Å². The third kappa shape index (κ3) is 16.4. The molecule has 1 N–H and O–H groups in total. The van der Waals surface area contributed by atoms with Gasteiger partial charge in [-0.1, -0.05) is 0 Å². The van der Waals surface area contributed by atoms with Crippen LogP contribution in [0, 0.1) is 0 Å². The topological polar surface area (TPSA) is 102 Å². The van der Waals surface area contributed by atoms with Crippen LogP contribution in [0.15, 0.2) is 0 Å². The summed E-state index contributed by atoms with van der Waals surface area (Å²) >= 11 is 0. The molecule has 0 spiro atoms. The number of methoxy groups -OCH3 is 3. The molecule has 0 aromatic heterocycles. The van der Waals surface area contributed by atoms with Gasteiger partial charge in [0.15, 0.2) is 0 Å². The highest BCUT2D eigenvalue weighted by atomic mass is 16.7. The van der Waals surface area contributed by atoms with Gasteiger partial charge in [0.25, 0.3) is 0 Å². The number of hydrogen-bond donors (Lipinski definition) is 1. The summed E-state index contributed by atoms with van der Waals surface area (Å²) in [6.45, 7) is 2.98. The fourth-order valence-corrected chi connectivity index (χ4v) is 1.82. The molecular weight excluding hydrogens is 346 g/mol. The summed E-state index contributed by atoms with van der Waals surface area (Å²) in [7, 11) is 4.75. The zero-order chi connectivity index (χ0) is 19.5. The maximum Gasteiger partial charge on any atom is 0.220 e. The second-order valence-corrected chi connectivity index (χ2v) is 5.45. The minimum Gasteiger partial charge on any atom is -0.384 e. The third-order valence-corrected chi connectivity index (χ3v) is 3.31. The molecule has 1 unspecified atom stereocenters. The van der Waals surface area contributed by atoms with Gasteiger partial charge in [0.2, 0.25) is 5.91 Å². The first-order valence-electron chi connectivity index (χ1n) is 8.66. The first-order chi connectivity index (χ1) is 12.6. The van der Waals surface area contributed by atoms with Crippen molar-refractivity contribution >= 4 is 11.7 Å². The van der Waals surface area contributed by atoms with E-state index in [2.05, 4.69) is 5.32 Å². The first-order valence-corrected chi connectivity index (χ1v) is 8.66. The van der Waals surface area contributed by atoms with Gasteiger partial charge in [-0.25, -0.2) is 0 Å². The maximum absolute atomic E-state index is 11.5.